The first-order chi connectivity index (χ1) is 6.94. The molecule has 0 saturated heterocycles. The van der Waals surface area contributed by atoms with Crippen LogP contribution < -0.4 is 0 Å². The summed E-state index contributed by atoms with van der Waals surface area (Å²) >= 11 is 3.18. The molecule has 2 N–H and O–H groups in total. The van der Waals surface area contributed by atoms with E-state index in [0.717, 1.165) is 0 Å². The number of hydrogen-bond acceptors (Lipinski definition) is 4. The third kappa shape index (κ3) is 1.55. The van der Waals surface area contributed by atoms with Gasteiger partial charge < -0.3 is 10.2 Å². The zero-order valence-electron chi connectivity index (χ0n) is 8.01. The molecule has 0 unspecified atom stereocenters. The number of carboxylic acids is 1. The summed E-state index contributed by atoms with van der Waals surface area (Å²) in [6, 6.07) is 0. The van der Waals surface area contributed by atoms with Gasteiger partial charge in [-0.15, -0.1) is 5.10 Å². The van der Waals surface area contributed by atoms with Crippen molar-refractivity contribution in [2.75, 3.05) is 0 Å². The summed E-state index contributed by atoms with van der Waals surface area (Å²) in [5.41, 5.74) is -0.569. The number of aliphatic carboxylic acids is 1. The van der Waals surface area contributed by atoms with Crippen molar-refractivity contribution in [1.29, 1.82) is 0 Å². The van der Waals surface area contributed by atoms with E-state index in [-0.39, 0.29) is 12.8 Å². The van der Waals surface area contributed by atoms with Gasteiger partial charge in [0.2, 0.25) is 0 Å². The van der Waals surface area contributed by atoms with Crippen LogP contribution in [-0.2, 0) is 17.4 Å². The molecule has 15 heavy (non-hydrogen) atoms. The van der Waals surface area contributed by atoms with E-state index < -0.39 is 17.5 Å². The molecule has 1 fully saturated rings. The molecule has 0 aliphatic heterocycles. The van der Waals surface area contributed by atoms with E-state index in [0.29, 0.717) is 10.3 Å². The van der Waals surface area contributed by atoms with E-state index in [2.05, 4.69) is 26.2 Å². The number of aryl methyl sites for hydroxylation is 1. The van der Waals surface area contributed by atoms with E-state index in [9.17, 15) is 9.90 Å². The summed E-state index contributed by atoms with van der Waals surface area (Å²) in [6.45, 7) is 0. The Hall–Kier alpha value is -0.950. The second kappa shape index (κ2) is 3.28. The minimum absolute atomic E-state index is 0.210. The number of aliphatic hydroxyl groups is 1. The second-order valence-corrected chi connectivity index (χ2v) is 4.58. The largest absolute Gasteiger partial charge is 0.481 e. The average molecular weight is 276 g/mol. The molecule has 0 spiro atoms. The smallest absolute Gasteiger partial charge is 0.306 e. The monoisotopic (exact) mass is 275 g/mol. The Labute approximate surface area is 94.0 Å². The van der Waals surface area contributed by atoms with Crippen LogP contribution in [0.1, 0.15) is 18.5 Å². The molecule has 1 heterocycles. The highest BCUT2D eigenvalue weighted by Crippen LogP contribution is 2.47. The Balaban J connectivity index is 2.23. The molecule has 82 valence electrons. The molecule has 0 atom stereocenters. The topological polar surface area (TPSA) is 88.2 Å². The predicted octanol–water partition coefficient (Wildman–Crippen LogP) is 0.260. The van der Waals surface area contributed by atoms with E-state index in [4.69, 9.17) is 5.11 Å². The highest BCUT2D eigenvalue weighted by atomic mass is 79.9. The van der Waals surface area contributed by atoms with Gasteiger partial charge in [0.1, 0.15) is 11.3 Å². The number of aromatic nitrogens is 3. The van der Waals surface area contributed by atoms with Crippen molar-refractivity contribution in [3.05, 3.63) is 10.3 Å². The normalized spacial score (nSPS) is 29.9. The van der Waals surface area contributed by atoms with Gasteiger partial charge in [0.25, 0.3) is 0 Å². The molecule has 1 aliphatic carbocycles. The van der Waals surface area contributed by atoms with Gasteiger partial charge in [0.15, 0.2) is 4.60 Å². The first-order valence-electron chi connectivity index (χ1n) is 4.45. The summed E-state index contributed by atoms with van der Waals surface area (Å²) in [7, 11) is 1.67. The van der Waals surface area contributed by atoms with Crippen molar-refractivity contribution >= 4 is 21.9 Å². The van der Waals surface area contributed by atoms with Crippen molar-refractivity contribution in [3.63, 3.8) is 0 Å². The lowest BCUT2D eigenvalue weighted by Gasteiger charge is -2.41. The minimum Gasteiger partial charge on any atom is -0.481 e. The summed E-state index contributed by atoms with van der Waals surface area (Å²) < 4.78 is 1.93. The predicted molar refractivity (Wildman–Crippen MR) is 53.0 cm³/mol. The first-order valence-corrected chi connectivity index (χ1v) is 5.24. The lowest BCUT2D eigenvalue weighted by atomic mass is 9.69. The van der Waals surface area contributed by atoms with Crippen LogP contribution in [0.5, 0.6) is 0 Å². The summed E-state index contributed by atoms with van der Waals surface area (Å²) in [6.07, 6.45) is 0.421. The number of carbonyl (C=O) groups is 1. The van der Waals surface area contributed by atoms with Gasteiger partial charge in [-0.05, 0) is 28.8 Å². The zero-order chi connectivity index (χ0) is 11.2. The maximum absolute atomic E-state index is 10.6. The number of halogens is 1. The minimum atomic E-state index is -1.11. The molecule has 0 amide bonds. The molecule has 0 bridgehead atoms. The molecule has 0 aromatic carbocycles. The molecule has 6 nitrogen and oxygen atoms in total. The highest BCUT2D eigenvalue weighted by molar-refractivity contribution is 9.10. The van der Waals surface area contributed by atoms with Crippen LogP contribution in [0.25, 0.3) is 0 Å². The quantitative estimate of drug-likeness (QED) is 0.808. The molecule has 1 aromatic rings. The van der Waals surface area contributed by atoms with Crippen molar-refractivity contribution in [1.82, 2.24) is 15.0 Å². The number of hydrogen-bond donors (Lipinski definition) is 2. The van der Waals surface area contributed by atoms with E-state index in [1.54, 1.807) is 7.05 Å². The van der Waals surface area contributed by atoms with Crippen LogP contribution in [0.15, 0.2) is 4.60 Å². The zero-order valence-corrected chi connectivity index (χ0v) is 9.60. The molecular formula is C8H10BrN3O3. The van der Waals surface area contributed by atoms with Crippen LogP contribution in [-0.4, -0.2) is 31.2 Å². The van der Waals surface area contributed by atoms with Gasteiger partial charge in [-0.25, -0.2) is 4.68 Å². The average Bonchev–Trinajstić information content (AvgIpc) is 2.41. The maximum atomic E-state index is 10.6. The van der Waals surface area contributed by atoms with Gasteiger partial charge in [-0.2, -0.15) is 0 Å². The Bertz CT molecular complexity index is 392. The van der Waals surface area contributed by atoms with Crippen molar-refractivity contribution < 1.29 is 15.0 Å². The lowest BCUT2D eigenvalue weighted by Crippen LogP contribution is -2.45. The van der Waals surface area contributed by atoms with Crippen LogP contribution in [0.4, 0.5) is 0 Å². The van der Waals surface area contributed by atoms with Crippen LogP contribution in [0.3, 0.4) is 0 Å². The number of nitrogens with zero attached hydrogens (tertiary/aromatic N) is 3. The summed E-state index contributed by atoms with van der Waals surface area (Å²) in [5, 5.41) is 26.4. The van der Waals surface area contributed by atoms with Crippen molar-refractivity contribution in [3.8, 4) is 0 Å². The Morgan fingerprint density at radius 1 is 1.67 bits per heavy atom. The SMILES string of the molecule is Cn1nnc(Br)c1C1(O)CC(C(=O)O)C1. The molecule has 1 saturated carbocycles. The Kier molecular flexibility index (Phi) is 2.31. The molecule has 1 aliphatic rings. The fraction of sp³-hybridized carbons (Fsp3) is 0.625. The van der Waals surface area contributed by atoms with Gasteiger partial charge in [0, 0.05) is 7.05 Å². The van der Waals surface area contributed by atoms with Crippen LogP contribution >= 0.6 is 15.9 Å². The van der Waals surface area contributed by atoms with E-state index in [1.807, 2.05) is 0 Å². The fourth-order valence-corrected chi connectivity index (χ4v) is 2.65. The molecule has 1 aromatic heterocycles. The molecule has 2 rings (SSSR count). The van der Waals surface area contributed by atoms with Crippen LogP contribution in [0.2, 0.25) is 0 Å². The van der Waals surface area contributed by atoms with Gasteiger partial charge in [0.05, 0.1) is 5.92 Å². The van der Waals surface area contributed by atoms with E-state index >= 15 is 0 Å². The Morgan fingerprint density at radius 3 is 2.67 bits per heavy atom. The van der Waals surface area contributed by atoms with Crippen molar-refractivity contribution in [2.45, 2.75) is 18.4 Å². The first kappa shape index (κ1) is 10.6. The molecule has 0 radical (unpaired) electrons. The van der Waals surface area contributed by atoms with Gasteiger partial charge in [-0.3, -0.25) is 4.79 Å². The van der Waals surface area contributed by atoms with Crippen molar-refractivity contribution in [2.24, 2.45) is 13.0 Å². The highest BCUT2D eigenvalue weighted by Gasteiger charge is 2.50. The summed E-state index contributed by atoms with van der Waals surface area (Å²) in [5.74, 6) is -1.34. The molecular weight excluding hydrogens is 266 g/mol. The third-order valence-electron chi connectivity index (χ3n) is 2.74. The van der Waals surface area contributed by atoms with Gasteiger partial charge in [-0.1, -0.05) is 5.21 Å². The third-order valence-corrected chi connectivity index (χ3v) is 3.28. The molecule has 7 heteroatoms. The van der Waals surface area contributed by atoms with E-state index in [1.165, 1.54) is 4.68 Å². The standard InChI is InChI=1S/C8H10BrN3O3/c1-12-5(6(9)10-11-12)8(15)2-4(3-8)7(13)14/h4,15H,2-3H2,1H3,(H,13,14). The Morgan fingerprint density at radius 2 is 2.27 bits per heavy atom. The lowest BCUT2D eigenvalue weighted by molar-refractivity contribution is -0.160. The van der Waals surface area contributed by atoms with Gasteiger partial charge >= 0.3 is 5.97 Å². The summed E-state index contributed by atoms with van der Waals surface area (Å²) in [4.78, 5) is 10.6. The van der Waals surface area contributed by atoms with Crippen LogP contribution in [0, 0.1) is 5.92 Å². The maximum Gasteiger partial charge on any atom is 0.306 e. The number of carboxylic acid groups (broad SMARTS) is 1. The fourth-order valence-electron chi connectivity index (χ4n) is 1.95. The second-order valence-electron chi connectivity index (χ2n) is 3.83. The number of rotatable bonds is 2.